The van der Waals surface area contributed by atoms with Crippen molar-refractivity contribution in [2.24, 2.45) is 0 Å². The van der Waals surface area contributed by atoms with Crippen molar-refractivity contribution < 1.29 is 14.4 Å². The molecular weight excluding hydrogens is 294 g/mol. The predicted octanol–water partition coefficient (Wildman–Crippen LogP) is 4.30. The molecule has 0 amide bonds. The van der Waals surface area contributed by atoms with E-state index in [0.717, 1.165) is 5.56 Å². The normalized spacial score (nSPS) is 11.1. The summed E-state index contributed by atoms with van der Waals surface area (Å²) >= 11 is 0. The van der Waals surface area contributed by atoms with E-state index < -0.39 is 0 Å². The van der Waals surface area contributed by atoms with E-state index in [9.17, 15) is 10.1 Å². The molecule has 0 spiro atoms. The van der Waals surface area contributed by atoms with Crippen LogP contribution in [0.3, 0.4) is 0 Å². The van der Waals surface area contributed by atoms with Gasteiger partial charge in [0.05, 0.1) is 12.0 Å². The highest BCUT2D eigenvalue weighted by atomic mass is 16.6. The zero-order valence-electron chi connectivity index (χ0n) is 13.2. The van der Waals surface area contributed by atoms with Gasteiger partial charge in [-0.15, -0.1) is 0 Å². The number of allylic oxidation sites excluding steroid dienone is 1. The van der Waals surface area contributed by atoms with E-state index in [4.69, 9.17) is 9.47 Å². The standard InChI is InChI=1S/C18H19NO4/c1-3-16(19(20)21)11-15-9-10-17(22-2)18(12-15)23-13-14-7-5-4-6-8-14/h4-12H,3,13H2,1-2H3/b16-11-. The maximum absolute atomic E-state index is 10.9. The number of methoxy groups -OCH3 is 1. The second-order valence-electron chi connectivity index (χ2n) is 4.93. The van der Waals surface area contributed by atoms with Gasteiger partial charge < -0.3 is 9.47 Å². The monoisotopic (exact) mass is 313 g/mol. The van der Waals surface area contributed by atoms with Gasteiger partial charge in [0.25, 0.3) is 0 Å². The van der Waals surface area contributed by atoms with Gasteiger partial charge in [0.1, 0.15) is 6.61 Å². The molecule has 0 saturated carbocycles. The average Bonchev–Trinajstić information content (AvgIpc) is 2.58. The summed E-state index contributed by atoms with van der Waals surface area (Å²) in [5.41, 5.74) is 1.90. The van der Waals surface area contributed by atoms with Gasteiger partial charge in [-0.05, 0) is 23.3 Å². The maximum atomic E-state index is 10.9. The molecule has 0 aromatic heterocycles. The number of hydrogen-bond acceptors (Lipinski definition) is 4. The minimum atomic E-state index is -0.366. The van der Waals surface area contributed by atoms with Crippen LogP contribution in [0.25, 0.3) is 6.08 Å². The van der Waals surface area contributed by atoms with Gasteiger partial charge >= 0.3 is 0 Å². The molecule has 0 unspecified atom stereocenters. The summed E-state index contributed by atoms with van der Waals surface area (Å²) in [6.07, 6.45) is 1.91. The highest BCUT2D eigenvalue weighted by Gasteiger charge is 2.10. The van der Waals surface area contributed by atoms with E-state index in [1.165, 1.54) is 0 Å². The first-order chi connectivity index (χ1) is 11.1. The van der Waals surface area contributed by atoms with Crippen LogP contribution in [0.4, 0.5) is 0 Å². The number of nitro groups is 1. The van der Waals surface area contributed by atoms with Crippen molar-refractivity contribution in [3.05, 3.63) is 75.5 Å². The molecule has 0 radical (unpaired) electrons. The Labute approximate surface area is 135 Å². The fourth-order valence-electron chi connectivity index (χ4n) is 2.11. The van der Waals surface area contributed by atoms with Gasteiger partial charge in [-0.1, -0.05) is 43.3 Å². The van der Waals surface area contributed by atoms with Gasteiger partial charge in [-0.3, -0.25) is 10.1 Å². The van der Waals surface area contributed by atoms with E-state index >= 15 is 0 Å². The van der Waals surface area contributed by atoms with Crippen molar-refractivity contribution in [2.45, 2.75) is 20.0 Å². The highest BCUT2D eigenvalue weighted by molar-refractivity contribution is 5.57. The lowest BCUT2D eigenvalue weighted by Gasteiger charge is -2.11. The van der Waals surface area contributed by atoms with Crippen LogP contribution in [0.15, 0.2) is 54.2 Å². The Kier molecular flexibility index (Phi) is 5.74. The maximum Gasteiger partial charge on any atom is 0.246 e. The molecular formula is C18H19NO4. The highest BCUT2D eigenvalue weighted by Crippen LogP contribution is 2.30. The van der Waals surface area contributed by atoms with Gasteiger partial charge in [-0.2, -0.15) is 0 Å². The van der Waals surface area contributed by atoms with Crippen LogP contribution in [0.1, 0.15) is 24.5 Å². The molecule has 5 nitrogen and oxygen atoms in total. The van der Waals surface area contributed by atoms with Crippen LogP contribution >= 0.6 is 0 Å². The second kappa shape index (κ2) is 7.98. The largest absolute Gasteiger partial charge is 0.493 e. The Bertz CT molecular complexity index is 695. The SMILES string of the molecule is CC/C(=C/c1ccc(OC)c(OCc2ccccc2)c1)[N+](=O)[O-]. The molecule has 0 bridgehead atoms. The summed E-state index contributed by atoms with van der Waals surface area (Å²) in [7, 11) is 1.56. The zero-order chi connectivity index (χ0) is 16.7. The average molecular weight is 313 g/mol. The number of ether oxygens (including phenoxy) is 2. The number of rotatable bonds is 7. The summed E-state index contributed by atoms with van der Waals surface area (Å²) in [6, 6.07) is 15.0. The van der Waals surface area contributed by atoms with Gasteiger partial charge in [0, 0.05) is 12.5 Å². The Hall–Kier alpha value is -2.82. The molecule has 0 aliphatic heterocycles. The number of hydrogen-bond donors (Lipinski definition) is 0. The fraction of sp³-hybridized carbons (Fsp3) is 0.222. The third kappa shape index (κ3) is 4.57. The van der Waals surface area contributed by atoms with Gasteiger partial charge in [0.15, 0.2) is 11.5 Å². The van der Waals surface area contributed by atoms with Crippen molar-refractivity contribution in [2.75, 3.05) is 7.11 Å². The summed E-state index contributed by atoms with van der Waals surface area (Å²) in [5.74, 6) is 1.15. The van der Waals surface area contributed by atoms with Crippen molar-refractivity contribution in [3.8, 4) is 11.5 Å². The van der Waals surface area contributed by atoms with E-state index in [2.05, 4.69) is 0 Å². The number of nitrogens with zero attached hydrogens (tertiary/aromatic N) is 1. The summed E-state index contributed by atoms with van der Waals surface area (Å²) < 4.78 is 11.1. The molecule has 0 fully saturated rings. The summed E-state index contributed by atoms with van der Waals surface area (Å²) in [6.45, 7) is 2.16. The minimum absolute atomic E-state index is 0.157. The van der Waals surface area contributed by atoms with Crippen molar-refractivity contribution >= 4 is 6.08 Å². The Morgan fingerprint density at radius 3 is 2.52 bits per heavy atom. The molecule has 2 rings (SSSR count). The smallest absolute Gasteiger partial charge is 0.246 e. The number of benzene rings is 2. The van der Waals surface area contributed by atoms with Crippen molar-refractivity contribution in [1.82, 2.24) is 0 Å². The molecule has 0 atom stereocenters. The molecule has 0 aliphatic rings. The molecule has 0 aliphatic carbocycles. The first-order valence-corrected chi connectivity index (χ1v) is 7.33. The van der Waals surface area contributed by atoms with Gasteiger partial charge in [0.2, 0.25) is 5.70 Å². The predicted molar refractivity (Wildman–Crippen MR) is 89.0 cm³/mol. The minimum Gasteiger partial charge on any atom is -0.493 e. The molecule has 0 heterocycles. The Balaban J connectivity index is 2.23. The van der Waals surface area contributed by atoms with E-state index in [-0.39, 0.29) is 10.6 Å². The second-order valence-corrected chi connectivity index (χ2v) is 4.93. The lowest BCUT2D eigenvalue weighted by molar-refractivity contribution is -0.425. The van der Waals surface area contributed by atoms with E-state index in [1.54, 1.807) is 38.3 Å². The quantitative estimate of drug-likeness (QED) is 0.564. The van der Waals surface area contributed by atoms with Crippen LogP contribution in [0.5, 0.6) is 11.5 Å². The third-order valence-electron chi connectivity index (χ3n) is 3.35. The third-order valence-corrected chi connectivity index (χ3v) is 3.35. The topological polar surface area (TPSA) is 61.6 Å². The molecule has 23 heavy (non-hydrogen) atoms. The van der Waals surface area contributed by atoms with E-state index in [1.807, 2.05) is 30.3 Å². The lowest BCUT2D eigenvalue weighted by atomic mass is 10.1. The van der Waals surface area contributed by atoms with Crippen LogP contribution in [0.2, 0.25) is 0 Å². The first-order valence-electron chi connectivity index (χ1n) is 7.33. The first kappa shape index (κ1) is 16.5. The van der Waals surface area contributed by atoms with Crippen LogP contribution in [-0.4, -0.2) is 12.0 Å². The molecule has 5 heteroatoms. The Morgan fingerprint density at radius 2 is 1.91 bits per heavy atom. The Morgan fingerprint density at radius 1 is 1.17 bits per heavy atom. The molecule has 2 aromatic carbocycles. The fourth-order valence-corrected chi connectivity index (χ4v) is 2.11. The van der Waals surface area contributed by atoms with Crippen molar-refractivity contribution in [1.29, 1.82) is 0 Å². The molecule has 0 N–H and O–H groups in total. The summed E-state index contributed by atoms with van der Waals surface area (Å²) in [4.78, 5) is 10.6. The van der Waals surface area contributed by atoms with Gasteiger partial charge in [-0.25, -0.2) is 0 Å². The summed E-state index contributed by atoms with van der Waals surface area (Å²) in [5, 5.41) is 10.9. The molecule has 120 valence electrons. The molecule has 0 saturated heterocycles. The zero-order valence-corrected chi connectivity index (χ0v) is 13.2. The van der Waals surface area contributed by atoms with Crippen LogP contribution in [-0.2, 0) is 6.61 Å². The van der Waals surface area contributed by atoms with Crippen LogP contribution in [0, 0.1) is 10.1 Å². The van der Waals surface area contributed by atoms with E-state index in [0.29, 0.717) is 30.1 Å². The van der Waals surface area contributed by atoms with Crippen molar-refractivity contribution in [3.63, 3.8) is 0 Å². The van der Waals surface area contributed by atoms with Crippen LogP contribution < -0.4 is 9.47 Å². The molecule has 2 aromatic rings. The lowest BCUT2D eigenvalue weighted by Crippen LogP contribution is -1.99.